The lowest BCUT2D eigenvalue weighted by Crippen LogP contribution is -2.15. The first-order valence-corrected chi connectivity index (χ1v) is 7.92. The summed E-state index contributed by atoms with van der Waals surface area (Å²) in [4.78, 5) is 20.2. The van der Waals surface area contributed by atoms with Crippen LogP contribution in [0, 0.1) is 0 Å². The van der Waals surface area contributed by atoms with E-state index in [0.29, 0.717) is 12.4 Å². The number of pyridine rings is 1. The Morgan fingerprint density at radius 3 is 3.10 bits per heavy atom. The van der Waals surface area contributed by atoms with E-state index in [1.165, 1.54) is 0 Å². The molecule has 0 fully saturated rings. The van der Waals surface area contributed by atoms with Crippen molar-refractivity contribution >= 4 is 23.1 Å². The lowest BCUT2D eigenvalue weighted by atomic mass is 10.1. The van der Waals surface area contributed by atoms with Gasteiger partial charge < -0.3 is 10.4 Å². The smallest absolute Gasteiger partial charge is 0.339 e. The van der Waals surface area contributed by atoms with Gasteiger partial charge in [-0.2, -0.15) is 0 Å². The van der Waals surface area contributed by atoms with E-state index in [2.05, 4.69) is 22.2 Å². The fraction of sp³-hybridized carbons (Fsp3) is 0.400. The van der Waals surface area contributed by atoms with Gasteiger partial charge >= 0.3 is 5.97 Å². The maximum absolute atomic E-state index is 11.4. The molecule has 0 saturated heterocycles. The number of carboxylic acids is 1. The van der Waals surface area contributed by atoms with Crippen LogP contribution in [0.25, 0.3) is 0 Å². The van der Waals surface area contributed by atoms with Gasteiger partial charge in [0.25, 0.3) is 0 Å². The van der Waals surface area contributed by atoms with Gasteiger partial charge in [-0.05, 0) is 30.9 Å². The summed E-state index contributed by atoms with van der Waals surface area (Å²) in [6.07, 6.45) is 4.71. The molecule has 3 rings (SSSR count). The van der Waals surface area contributed by atoms with Crippen molar-refractivity contribution < 1.29 is 9.90 Å². The number of carbonyl (C=O) groups is 1. The van der Waals surface area contributed by atoms with Gasteiger partial charge in [0.2, 0.25) is 0 Å². The summed E-state index contributed by atoms with van der Waals surface area (Å²) in [6, 6.07) is 1.77. The Morgan fingerprint density at radius 2 is 2.38 bits per heavy atom. The summed E-state index contributed by atoms with van der Waals surface area (Å²) < 4.78 is 0. The van der Waals surface area contributed by atoms with Gasteiger partial charge in [-0.15, -0.1) is 11.3 Å². The number of hydrogen-bond acceptors (Lipinski definition) is 5. The zero-order valence-corrected chi connectivity index (χ0v) is 12.6. The number of rotatable bonds is 5. The topological polar surface area (TPSA) is 75.1 Å². The molecule has 0 saturated carbocycles. The molecule has 0 aliphatic heterocycles. The molecule has 2 aromatic rings. The second-order valence-corrected chi connectivity index (χ2v) is 6.23. The quantitative estimate of drug-likeness (QED) is 0.888. The van der Waals surface area contributed by atoms with Crippen molar-refractivity contribution in [2.75, 3.05) is 11.9 Å². The molecule has 0 amide bonds. The highest BCUT2D eigenvalue weighted by Crippen LogP contribution is 2.26. The monoisotopic (exact) mass is 303 g/mol. The third-order valence-corrected chi connectivity index (χ3v) is 4.74. The van der Waals surface area contributed by atoms with Crippen molar-refractivity contribution in [3.8, 4) is 0 Å². The number of aromatic carboxylic acids is 1. The fourth-order valence-electron chi connectivity index (χ4n) is 2.58. The van der Waals surface area contributed by atoms with Crippen LogP contribution >= 0.6 is 11.3 Å². The second kappa shape index (κ2) is 5.81. The van der Waals surface area contributed by atoms with Crippen LogP contribution in [0.4, 0.5) is 5.82 Å². The van der Waals surface area contributed by atoms with E-state index < -0.39 is 5.97 Å². The van der Waals surface area contributed by atoms with E-state index in [-0.39, 0.29) is 11.5 Å². The van der Waals surface area contributed by atoms with E-state index in [1.54, 1.807) is 23.6 Å². The van der Waals surface area contributed by atoms with Gasteiger partial charge in [-0.25, -0.2) is 14.8 Å². The highest BCUT2D eigenvalue weighted by Gasteiger charge is 2.20. The van der Waals surface area contributed by atoms with Crippen molar-refractivity contribution in [3.63, 3.8) is 0 Å². The third kappa shape index (κ3) is 2.90. The average molecular weight is 303 g/mol. The zero-order chi connectivity index (χ0) is 14.8. The highest BCUT2D eigenvalue weighted by atomic mass is 32.1. The zero-order valence-electron chi connectivity index (χ0n) is 11.8. The van der Waals surface area contributed by atoms with Crippen LogP contribution in [-0.2, 0) is 12.8 Å². The molecule has 110 valence electrons. The Balaban J connectivity index is 1.79. The summed E-state index contributed by atoms with van der Waals surface area (Å²) in [7, 11) is 0. The Labute approximate surface area is 127 Å². The lowest BCUT2D eigenvalue weighted by Gasteiger charge is -2.14. The summed E-state index contributed by atoms with van der Waals surface area (Å²) in [5, 5.41) is 15.5. The molecular weight excluding hydrogens is 286 g/mol. The van der Waals surface area contributed by atoms with Gasteiger partial charge in [0, 0.05) is 29.7 Å². The SMILES string of the molecule is CC(CNc1nc2c(cc1C(=O)O)CCC2)c1nccs1. The Morgan fingerprint density at radius 1 is 1.52 bits per heavy atom. The van der Waals surface area contributed by atoms with Crippen molar-refractivity contribution in [2.45, 2.75) is 32.1 Å². The summed E-state index contributed by atoms with van der Waals surface area (Å²) in [5.41, 5.74) is 2.37. The molecule has 1 unspecified atom stereocenters. The second-order valence-electron chi connectivity index (χ2n) is 5.30. The van der Waals surface area contributed by atoms with E-state index in [0.717, 1.165) is 35.5 Å². The van der Waals surface area contributed by atoms with E-state index in [4.69, 9.17) is 0 Å². The Kier molecular flexibility index (Phi) is 3.88. The maximum atomic E-state index is 11.4. The molecule has 21 heavy (non-hydrogen) atoms. The largest absolute Gasteiger partial charge is 0.478 e. The molecule has 1 aliphatic carbocycles. The molecule has 0 radical (unpaired) electrons. The molecule has 0 bridgehead atoms. The first kappa shape index (κ1) is 14.0. The van der Waals surface area contributed by atoms with Crippen LogP contribution in [0.2, 0.25) is 0 Å². The standard InChI is InChI=1S/C15H17N3O2S/c1-9(14-16-5-6-21-14)8-17-13-11(15(19)20)7-10-3-2-4-12(10)18-13/h5-7,9H,2-4,8H2,1H3,(H,17,18)(H,19,20). The fourth-order valence-corrected chi connectivity index (χ4v) is 3.28. The van der Waals surface area contributed by atoms with E-state index in [9.17, 15) is 9.90 Å². The first-order chi connectivity index (χ1) is 10.1. The van der Waals surface area contributed by atoms with Gasteiger partial charge in [0.1, 0.15) is 11.4 Å². The predicted molar refractivity (Wildman–Crippen MR) is 82.2 cm³/mol. The minimum atomic E-state index is -0.929. The van der Waals surface area contributed by atoms with Crippen LogP contribution in [0.3, 0.4) is 0 Å². The number of thiazole rings is 1. The number of anilines is 1. The van der Waals surface area contributed by atoms with Crippen LogP contribution < -0.4 is 5.32 Å². The minimum Gasteiger partial charge on any atom is -0.478 e. The normalized spacial score (nSPS) is 14.7. The number of carboxylic acid groups (broad SMARTS) is 1. The number of aryl methyl sites for hydroxylation is 2. The van der Waals surface area contributed by atoms with Crippen molar-refractivity contribution in [1.82, 2.24) is 9.97 Å². The third-order valence-electron chi connectivity index (χ3n) is 3.73. The number of nitrogens with one attached hydrogen (secondary N) is 1. The highest BCUT2D eigenvalue weighted by molar-refractivity contribution is 7.09. The maximum Gasteiger partial charge on any atom is 0.339 e. The van der Waals surface area contributed by atoms with Crippen LogP contribution in [0.5, 0.6) is 0 Å². The van der Waals surface area contributed by atoms with Crippen LogP contribution in [-0.4, -0.2) is 27.6 Å². The Bertz CT molecular complexity index is 655. The van der Waals surface area contributed by atoms with Gasteiger partial charge in [-0.1, -0.05) is 6.92 Å². The van der Waals surface area contributed by atoms with Crippen LogP contribution in [0.15, 0.2) is 17.6 Å². The molecule has 2 heterocycles. The van der Waals surface area contributed by atoms with Gasteiger partial charge in [0.05, 0.1) is 5.01 Å². The Hall–Kier alpha value is -1.95. The number of fused-ring (bicyclic) bond motifs is 1. The first-order valence-electron chi connectivity index (χ1n) is 7.04. The lowest BCUT2D eigenvalue weighted by molar-refractivity contribution is 0.0697. The molecule has 1 atom stereocenters. The molecule has 0 aromatic carbocycles. The molecule has 6 heteroatoms. The molecular formula is C15H17N3O2S. The van der Waals surface area contributed by atoms with Gasteiger partial charge in [-0.3, -0.25) is 0 Å². The molecule has 0 spiro atoms. The predicted octanol–water partition coefficient (Wildman–Crippen LogP) is 2.94. The van der Waals surface area contributed by atoms with Crippen molar-refractivity contribution in [3.05, 3.63) is 39.5 Å². The van der Waals surface area contributed by atoms with Gasteiger partial charge in [0.15, 0.2) is 0 Å². The van der Waals surface area contributed by atoms with E-state index >= 15 is 0 Å². The molecule has 2 N–H and O–H groups in total. The minimum absolute atomic E-state index is 0.224. The number of aromatic nitrogens is 2. The van der Waals surface area contributed by atoms with E-state index in [1.807, 2.05) is 5.38 Å². The van der Waals surface area contributed by atoms with Crippen LogP contribution in [0.1, 0.15) is 45.9 Å². The number of nitrogens with zero attached hydrogens (tertiary/aromatic N) is 2. The van der Waals surface area contributed by atoms with Crippen molar-refractivity contribution in [1.29, 1.82) is 0 Å². The average Bonchev–Trinajstić information content (AvgIpc) is 3.13. The molecule has 1 aliphatic rings. The molecule has 5 nitrogen and oxygen atoms in total. The summed E-state index contributed by atoms with van der Waals surface area (Å²) in [5.74, 6) is -0.227. The summed E-state index contributed by atoms with van der Waals surface area (Å²) >= 11 is 1.61. The summed E-state index contributed by atoms with van der Waals surface area (Å²) in [6.45, 7) is 2.69. The van der Waals surface area contributed by atoms with Crippen molar-refractivity contribution in [2.24, 2.45) is 0 Å². The number of hydrogen-bond donors (Lipinski definition) is 2. The molecule has 2 aromatic heterocycles.